The third-order valence-electron chi connectivity index (χ3n) is 4.98. The molecule has 3 nitrogen and oxygen atoms in total. The topological polar surface area (TPSA) is 32.5 Å². The van der Waals surface area contributed by atoms with E-state index in [2.05, 4.69) is 28.9 Å². The van der Waals surface area contributed by atoms with Crippen LogP contribution in [0.25, 0.3) is 0 Å². The summed E-state index contributed by atoms with van der Waals surface area (Å²) < 4.78 is 0. The monoisotopic (exact) mass is 293 g/mol. The molecule has 0 atom stereocenters. The van der Waals surface area contributed by atoms with E-state index >= 15 is 0 Å². The summed E-state index contributed by atoms with van der Waals surface area (Å²) in [4.78, 5) is 5.07. The molecule has 2 aliphatic rings. The van der Waals surface area contributed by atoms with Crippen molar-refractivity contribution in [3.63, 3.8) is 0 Å². The highest BCUT2D eigenvalue weighted by Gasteiger charge is 2.46. The predicted octanol–water partition coefficient (Wildman–Crippen LogP) is 2.59. The number of rotatable bonds is 3. The number of hydrogen-bond acceptors (Lipinski definition) is 3. The molecule has 110 valence electrons. The van der Waals surface area contributed by atoms with Crippen molar-refractivity contribution in [1.82, 2.24) is 4.90 Å². The highest BCUT2D eigenvalue weighted by molar-refractivity contribution is 6.30. The molecule has 1 heterocycles. The number of nitrogens with zero attached hydrogens (tertiary/aromatic N) is 2. The van der Waals surface area contributed by atoms with Crippen LogP contribution in [0.15, 0.2) is 24.3 Å². The van der Waals surface area contributed by atoms with Crippen molar-refractivity contribution in [1.29, 1.82) is 0 Å². The molecule has 1 aliphatic heterocycles. The standard InChI is InChI=1S/C16H24ClN3/c1-13-10-16(11-13,12-18)20-8-6-19(7-9-20)15-4-2-14(17)3-5-15/h2-5,13H,6-12,18H2,1H3. The van der Waals surface area contributed by atoms with Crippen molar-refractivity contribution >= 4 is 17.3 Å². The molecular formula is C16H24ClN3. The summed E-state index contributed by atoms with van der Waals surface area (Å²) in [6, 6.07) is 8.17. The van der Waals surface area contributed by atoms with Crippen LogP contribution < -0.4 is 10.6 Å². The van der Waals surface area contributed by atoms with E-state index in [0.29, 0.717) is 5.54 Å². The van der Waals surface area contributed by atoms with E-state index < -0.39 is 0 Å². The van der Waals surface area contributed by atoms with Gasteiger partial charge in [-0.25, -0.2) is 0 Å². The van der Waals surface area contributed by atoms with Gasteiger partial charge in [-0.15, -0.1) is 0 Å². The molecule has 1 aromatic carbocycles. The van der Waals surface area contributed by atoms with Crippen LogP contribution in [0.3, 0.4) is 0 Å². The third-order valence-corrected chi connectivity index (χ3v) is 5.23. The van der Waals surface area contributed by atoms with Crippen LogP contribution in [-0.4, -0.2) is 43.2 Å². The van der Waals surface area contributed by atoms with Crippen molar-refractivity contribution in [3.05, 3.63) is 29.3 Å². The lowest BCUT2D eigenvalue weighted by Gasteiger charge is -2.55. The second-order valence-corrected chi connectivity index (χ2v) is 6.83. The van der Waals surface area contributed by atoms with E-state index in [1.807, 2.05) is 12.1 Å². The average molecular weight is 294 g/mol. The van der Waals surface area contributed by atoms with Crippen molar-refractivity contribution < 1.29 is 0 Å². The zero-order valence-corrected chi connectivity index (χ0v) is 12.9. The van der Waals surface area contributed by atoms with Crippen LogP contribution in [0.5, 0.6) is 0 Å². The van der Waals surface area contributed by atoms with Gasteiger partial charge in [0.05, 0.1) is 0 Å². The molecule has 3 rings (SSSR count). The van der Waals surface area contributed by atoms with Gasteiger partial charge < -0.3 is 10.6 Å². The predicted molar refractivity (Wildman–Crippen MR) is 85.4 cm³/mol. The second-order valence-electron chi connectivity index (χ2n) is 6.39. The third kappa shape index (κ3) is 2.54. The summed E-state index contributed by atoms with van der Waals surface area (Å²) >= 11 is 5.95. The molecule has 4 heteroatoms. The normalized spacial score (nSPS) is 31.1. The Kier molecular flexibility index (Phi) is 3.93. The van der Waals surface area contributed by atoms with Gasteiger partial charge in [-0.05, 0) is 43.0 Å². The lowest BCUT2D eigenvalue weighted by Crippen LogP contribution is -2.65. The first-order valence-corrected chi connectivity index (χ1v) is 7.96. The quantitative estimate of drug-likeness (QED) is 0.930. The molecule has 2 fully saturated rings. The molecule has 1 aromatic rings. The van der Waals surface area contributed by atoms with E-state index in [1.165, 1.54) is 18.5 Å². The minimum atomic E-state index is 0.297. The van der Waals surface area contributed by atoms with Gasteiger partial charge >= 0.3 is 0 Å². The molecule has 0 unspecified atom stereocenters. The smallest absolute Gasteiger partial charge is 0.0407 e. The van der Waals surface area contributed by atoms with Crippen LogP contribution in [-0.2, 0) is 0 Å². The van der Waals surface area contributed by atoms with Gasteiger partial charge in [0.15, 0.2) is 0 Å². The van der Waals surface area contributed by atoms with Gasteiger partial charge in [-0.3, -0.25) is 4.90 Å². The van der Waals surface area contributed by atoms with E-state index in [-0.39, 0.29) is 0 Å². The number of halogens is 1. The Morgan fingerprint density at radius 1 is 1.15 bits per heavy atom. The van der Waals surface area contributed by atoms with Crippen molar-refractivity contribution in [2.24, 2.45) is 11.7 Å². The van der Waals surface area contributed by atoms with Crippen LogP contribution in [0.2, 0.25) is 5.02 Å². The van der Waals surface area contributed by atoms with Crippen molar-refractivity contribution in [2.75, 3.05) is 37.6 Å². The average Bonchev–Trinajstić information content (AvgIpc) is 2.45. The summed E-state index contributed by atoms with van der Waals surface area (Å²) in [6.07, 6.45) is 2.54. The zero-order valence-electron chi connectivity index (χ0n) is 12.2. The molecule has 0 amide bonds. The number of hydrogen-bond donors (Lipinski definition) is 1. The molecule has 1 saturated heterocycles. The Balaban J connectivity index is 1.61. The minimum absolute atomic E-state index is 0.297. The van der Waals surface area contributed by atoms with Gasteiger partial charge in [0.25, 0.3) is 0 Å². The number of nitrogens with two attached hydrogens (primary N) is 1. The maximum atomic E-state index is 6.05. The maximum absolute atomic E-state index is 6.05. The number of anilines is 1. The molecule has 0 bridgehead atoms. The molecule has 2 N–H and O–H groups in total. The van der Waals surface area contributed by atoms with Crippen molar-refractivity contribution in [2.45, 2.75) is 25.3 Å². The summed E-state index contributed by atoms with van der Waals surface area (Å²) in [6.45, 7) is 7.53. The molecular weight excluding hydrogens is 270 g/mol. The SMILES string of the molecule is CC1CC(CN)(N2CCN(c3ccc(Cl)cc3)CC2)C1. The van der Waals surface area contributed by atoms with Crippen LogP contribution in [0.1, 0.15) is 19.8 Å². The molecule has 1 saturated carbocycles. The Morgan fingerprint density at radius 2 is 1.75 bits per heavy atom. The molecule has 0 aromatic heterocycles. The minimum Gasteiger partial charge on any atom is -0.369 e. The maximum Gasteiger partial charge on any atom is 0.0407 e. The molecule has 1 aliphatic carbocycles. The Morgan fingerprint density at radius 3 is 2.25 bits per heavy atom. The fraction of sp³-hybridized carbons (Fsp3) is 0.625. The Hall–Kier alpha value is -0.770. The van der Waals surface area contributed by atoms with Gasteiger partial charge in [0.2, 0.25) is 0 Å². The first kappa shape index (κ1) is 14.2. The lowest BCUT2D eigenvalue weighted by molar-refractivity contribution is -0.0158. The first-order chi connectivity index (χ1) is 9.63. The first-order valence-electron chi connectivity index (χ1n) is 7.59. The van der Waals surface area contributed by atoms with E-state index in [9.17, 15) is 0 Å². The fourth-order valence-electron chi connectivity index (χ4n) is 3.88. The Bertz CT molecular complexity index is 445. The van der Waals surface area contributed by atoms with Gasteiger partial charge in [0, 0.05) is 49.0 Å². The summed E-state index contributed by atoms with van der Waals surface area (Å²) in [5.74, 6) is 0.841. The largest absolute Gasteiger partial charge is 0.369 e. The van der Waals surface area contributed by atoms with Crippen LogP contribution in [0, 0.1) is 5.92 Å². The van der Waals surface area contributed by atoms with E-state index in [1.54, 1.807) is 0 Å². The van der Waals surface area contributed by atoms with Crippen molar-refractivity contribution in [3.8, 4) is 0 Å². The lowest BCUT2D eigenvalue weighted by atomic mass is 9.68. The van der Waals surface area contributed by atoms with Gasteiger partial charge in [-0.2, -0.15) is 0 Å². The Labute approximate surface area is 126 Å². The summed E-state index contributed by atoms with van der Waals surface area (Å²) in [5, 5.41) is 0.804. The summed E-state index contributed by atoms with van der Waals surface area (Å²) in [5.41, 5.74) is 7.63. The highest BCUT2D eigenvalue weighted by Crippen LogP contribution is 2.42. The van der Waals surface area contributed by atoms with Crippen LogP contribution in [0.4, 0.5) is 5.69 Å². The van der Waals surface area contributed by atoms with Gasteiger partial charge in [-0.1, -0.05) is 18.5 Å². The molecule has 0 spiro atoms. The second kappa shape index (κ2) is 5.55. The van der Waals surface area contributed by atoms with Crippen LogP contribution >= 0.6 is 11.6 Å². The zero-order chi connectivity index (χ0) is 14.2. The van der Waals surface area contributed by atoms with Gasteiger partial charge in [0.1, 0.15) is 0 Å². The number of benzene rings is 1. The van der Waals surface area contributed by atoms with E-state index in [4.69, 9.17) is 17.3 Å². The highest BCUT2D eigenvalue weighted by atomic mass is 35.5. The van der Waals surface area contributed by atoms with E-state index in [0.717, 1.165) is 43.7 Å². The number of piperazine rings is 1. The fourth-order valence-corrected chi connectivity index (χ4v) is 4.01. The summed E-state index contributed by atoms with van der Waals surface area (Å²) in [7, 11) is 0. The molecule has 20 heavy (non-hydrogen) atoms. The molecule has 0 radical (unpaired) electrons.